The first-order valence-electron chi connectivity index (χ1n) is 7.87. The Kier molecular flexibility index (Phi) is 5.33. The van der Waals surface area contributed by atoms with E-state index in [9.17, 15) is 9.59 Å². The number of aromatic nitrogens is 3. The maximum Gasteiger partial charge on any atom is 0.248 e. The Morgan fingerprint density at radius 1 is 1.12 bits per heavy atom. The number of hydrogen-bond acceptors (Lipinski definition) is 5. The van der Waals surface area contributed by atoms with Gasteiger partial charge in [-0.25, -0.2) is 0 Å². The summed E-state index contributed by atoms with van der Waals surface area (Å²) >= 11 is 1.31. The van der Waals surface area contributed by atoms with Crippen molar-refractivity contribution in [3.63, 3.8) is 0 Å². The first kappa shape index (κ1) is 17.7. The van der Waals surface area contributed by atoms with Gasteiger partial charge in [0.15, 0.2) is 5.16 Å². The number of anilines is 1. The molecule has 132 valence electrons. The minimum absolute atomic E-state index is 0.176. The number of nitrogens with one attached hydrogen (secondary N) is 1. The molecular formula is C18H17N5O2S. The molecule has 0 aliphatic heterocycles. The highest BCUT2D eigenvalue weighted by molar-refractivity contribution is 8.00. The summed E-state index contributed by atoms with van der Waals surface area (Å²) in [6, 6.07) is 16.1. The van der Waals surface area contributed by atoms with Crippen LogP contribution in [0.2, 0.25) is 0 Å². The second-order valence-electron chi connectivity index (χ2n) is 5.51. The quantitative estimate of drug-likeness (QED) is 0.652. The molecule has 0 fully saturated rings. The summed E-state index contributed by atoms with van der Waals surface area (Å²) in [5.41, 5.74) is 7.12. The van der Waals surface area contributed by atoms with Crippen LogP contribution in [0.15, 0.2) is 66.1 Å². The largest absolute Gasteiger partial charge is 0.366 e. The van der Waals surface area contributed by atoms with Crippen LogP contribution in [0, 0.1) is 0 Å². The Bertz CT molecular complexity index is 909. The van der Waals surface area contributed by atoms with E-state index in [0.29, 0.717) is 16.4 Å². The molecule has 0 radical (unpaired) electrons. The molecule has 1 aromatic heterocycles. The molecule has 0 unspecified atom stereocenters. The number of nitrogens with two attached hydrogens (primary N) is 1. The number of hydrogen-bond donors (Lipinski definition) is 2. The van der Waals surface area contributed by atoms with Crippen molar-refractivity contribution in [3.05, 3.63) is 66.5 Å². The number of carbonyl (C=O) groups is 2. The number of primary amides is 1. The van der Waals surface area contributed by atoms with Crippen molar-refractivity contribution in [2.24, 2.45) is 5.73 Å². The molecule has 3 N–H and O–H groups in total. The van der Waals surface area contributed by atoms with Crippen molar-refractivity contribution in [3.8, 4) is 5.69 Å². The molecule has 0 aliphatic rings. The summed E-state index contributed by atoms with van der Waals surface area (Å²) < 4.78 is 1.83. The van der Waals surface area contributed by atoms with E-state index in [1.54, 1.807) is 37.5 Å². The lowest BCUT2D eigenvalue weighted by molar-refractivity contribution is -0.115. The predicted octanol–water partition coefficient (Wildman–Crippen LogP) is 2.49. The van der Waals surface area contributed by atoms with Crippen LogP contribution in [0.1, 0.15) is 17.3 Å². The monoisotopic (exact) mass is 367 g/mol. The molecule has 0 spiro atoms. The molecule has 3 aromatic rings. The lowest BCUT2D eigenvalue weighted by atomic mass is 10.2. The number of benzene rings is 2. The van der Waals surface area contributed by atoms with Gasteiger partial charge in [0.05, 0.1) is 5.25 Å². The van der Waals surface area contributed by atoms with Crippen molar-refractivity contribution in [2.75, 3.05) is 5.32 Å². The molecule has 0 aliphatic carbocycles. The molecule has 1 atom stereocenters. The zero-order valence-corrected chi connectivity index (χ0v) is 14.8. The van der Waals surface area contributed by atoms with E-state index < -0.39 is 11.2 Å². The summed E-state index contributed by atoms with van der Waals surface area (Å²) in [7, 11) is 0. The topological polar surface area (TPSA) is 103 Å². The first-order chi connectivity index (χ1) is 12.5. The van der Waals surface area contributed by atoms with Crippen LogP contribution in [0.3, 0.4) is 0 Å². The van der Waals surface area contributed by atoms with Crippen LogP contribution in [0.5, 0.6) is 0 Å². The van der Waals surface area contributed by atoms with Crippen LogP contribution < -0.4 is 11.1 Å². The van der Waals surface area contributed by atoms with Crippen molar-refractivity contribution >= 4 is 29.3 Å². The molecule has 7 nitrogen and oxygen atoms in total. The Balaban J connectivity index is 1.67. The van der Waals surface area contributed by atoms with Gasteiger partial charge in [-0.3, -0.25) is 14.2 Å². The zero-order valence-electron chi connectivity index (χ0n) is 14.0. The third kappa shape index (κ3) is 4.09. The van der Waals surface area contributed by atoms with Crippen LogP contribution in [-0.2, 0) is 4.79 Å². The van der Waals surface area contributed by atoms with Gasteiger partial charge in [-0.2, -0.15) is 0 Å². The molecule has 26 heavy (non-hydrogen) atoms. The molecule has 1 heterocycles. The van der Waals surface area contributed by atoms with Crippen LogP contribution in [-0.4, -0.2) is 31.8 Å². The van der Waals surface area contributed by atoms with E-state index >= 15 is 0 Å². The lowest BCUT2D eigenvalue weighted by Gasteiger charge is -2.12. The smallest absolute Gasteiger partial charge is 0.248 e. The van der Waals surface area contributed by atoms with Gasteiger partial charge in [-0.05, 0) is 43.3 Å². The summed E-state index contributed by atoms with van der Waals surface area (Å²) in [4.78, 5) is 23.5. The number of rotatable bonds is 6. The van der Waals surface area contributed by atoms with E-state index in [0.717, 1.165) is 5.69 Å². The second kappa shape index (κ2) is 7.83. The van der Waals surface area contributed by atoms with Crippen LogP contribution in [0.25, 0.3) is 5.69 Å². The fourth-order valence-electron chi connectivity index (χ4n) is 2.24. The highest BCUT2D eigenvalue weighted by Crippen LogP contribution is 2.24. The summed E-state index contributed by atoms with van der Waals surface area (Å²) in [6.45, 7) is 1.79. The summed E-state index contributed by atoms with van der Waals surface area (Å²) in [5, 5.41) is 11.1. The Hall–Kier alpha value is -3.13. The lowest BCUT2D eigenvalue weighted by Crippen LogP contribution is -2.23. The highest BCUT2D eigenvalue weighted by Gasteiger charge is 2.18. The number of para-hydroxylation sites is 1. The molecule has 2 aromatic carbocycles. The minimum atomic E-state index is -0.507. The average Bonchev–Trinajstić information content (AvgIpc) is 3.11. The molecule has 0 saturated heterocycles. The SMILES string of the molecule is C[C@H](Sc1nncn1-c1ccccc1)C(=O)Nc1ccc(C(N)=O)cc1. The molecule has 0 saturated carbocycles. The maximum atomic E-state index is 12.4. The fourth-order valence-corrected chi connectivity index (χ4v) is 3.09. The number of nitrogens with zero attached hydrogens (tertiary/aromatic N) is 3. The average molecular weight is 367 g/mol. The number of amides is 2. The third-order valence-corrected chi connectivity index (χ3v) is 4.70. The third-order valence-electron chi connectivity index (χ3n) is 3.64. The van der Waals surface area contributed by atoms with Gasteiger partial charge in [-0.1, -0.05) is 30.0 Å². The summed E-state index contributed by atoms with van der Waals surface area (Å²) in [6.07, 6.45) is 1.62. The maximum absolute atomic E-state index is 12.4. The van der Waals surface area contributed by atoms with Crippen molar-refractivity contribution in [1.29, 1.82) is 0 Å². The number of carbonyl (C=O) groups excluding carboxylic acids is 2. The normalized spacial score (nSPS) is 11.7. The highest BCUT2D eigenvalue weighted by atomic mass is 32.2. The van der Waals surface area contributed by atoms with Crippen LogP contribution >= 0.6 is 11.8 Å². The van der Waals surface area contributed by atoms with Gasteiger partial charge in [0.1, 0.15) is 6.33 Å². The summed E-state index contributed by atoms with van der Waals surface area (Å²) in [5.74, 6) is -0.684. The fraction of sp³-hybridized carbons (Fsp3) is 0.111. The van der Waals surface area contributed by atoms with E-state index in [-0.39, 0.29) is 5.91 Å². The zero-order chi connectivity index (χ0) is 18.5. The van der Waals surface area contributed by atoms with E-state index in [2.05, 4.69) is 15.5 Å². The molecular weight excluding hydrogens is 350 g/mol. The molecule has 3 rings (SSSR count). The van der Waals surface area contributed by atoms with Crippen molar-refractivity contribution < 1.29 is 9.59 Å². The van der Waals surface area contributed by atoms with E-state index in [4.69, 9.17) is 5.73 Å². The van der Waals surface area contributed by atoms with Gasteiger partial charge in [0, 0.05) is 16.9 Å². The Labute approximate surface area is 154 Å². The minimum Gasteiger partial charge on any atom is -0.366 e. The van der Waals surface area contributed by atoms with E-state index in [1.807, 2.05) is 34.9 Å². The first-order valence-corrected chi connectivity index (χ1v) is 8.75. The Morgan fingerprint density at radius 3 is 2.46 bits per heavy atom. The van der Waals surface area contributed by atoms with Gasteiger partial charge >= 0.3 is 0 Å². The van der Waals surface area contributed by atoms with Crippen molar-refractivity contribution in [2.45, 2.75) is 17.3 Å². The van der Waals surface area contributed by atoms with Crippen molar-refractivity contribution in [1.82, 2.24) is 14.8 Å². The molecule has 8 heteroatoms. The molecule has 2 amide bonds. The standard InChI is InChI=1S/C18H17N5O2S/c1-12(17(25)21-14-9-7-13(8-10-14)16(19)24)26-18-22-20-11-23(18)15-5-3-2-4-6-15/h2-12H,1H3,(H2,19,24)(H,21,25)/t12-/m0/s1. The predicted molar refractivity (Wildman–Crippen MR) is 100 cm³/mol. The second-order valence-corrected chi connectivity index (χ2v) is 6.82. The molecule has 0 bridgehead atoms. The van der Waals surface area contributed by atoms with Gasteiger partial charge in [0.2, 0.25) is 11.8 Å². The Morgan fingerprint density at radius 2 is 1.81 bits per heavy atom. The van der Waals surface area contributed by atoms with E-state index in [1.165, 1.54) is 11.8 Å². The number of thioether (sulfide) groups is 1. The van der Waals surface area contributed by atoms with Gasteiger partial charge < -0.3 is 11.1 Å². The van der Waals surface area contributed by atoms with Gasteiger partial charge in [-0.15, -0.1) is 10.2 Å². The van der Waals surface area contributed by atoms with Crippen LogP contribution in [0.4, 0.5) is 5.69 Å². The van der Waals surface area contributed by atoms with Gasteiger partial charge in [0.25, 0.3) is 0 Å².